The molecule has 0 saturated heterocycles. The molecule has 1 aromatic carbocycles. The fraction of sp³-hybridized carbons (Fsp3) is 0.529. The number of benzene rings is 1. The molecule has 0 saturated carbocycles. The molecule has 0 heterocycles. The van der Waals surface area contributed by atoms with Gasteiger partial charge < -0.3 is 14.6 Å². The Bertz CT molecular complexity index is 507. The third kappa shape index (κ3) is 9.11. The summed E-state index contributed by atoms with van der Waals surface area (Å²) < 4.78 is 10.9. The average Bonchev–Trinajstić information content (AvgIpc) is 2.45. The minimum atomic E-state index is -0.242. The summed E-state index contributed by atoms with van der Waals surface area (Å²) in [6.45, 7) is 6.98. The number of hydrogen-bond acceptors (Lipinski definition) is 5. The lowest BCUT2D eigenvalue weighted by Crippen LogP contribution is -2.25. The normalized spacial score (nSPS) is 11.7. The number of halogens is 2. The lowest BCUT2D eigenvalue weighted by Gasteiger charge is -2.17. The molecule has 7 heteroatoms. The molecule has 0 aliphatic heterocycles. The Morgan fingerprint density at radius 2 is 1.71 bits per heavy atom. The molecule has 0 bridgehead atoms. The molecular weight excluding hydrogens is 353 g/mol. The molecular formula is C17H25Cl2NO4. The number of hydroxylamine groups is 1. The van der Waals surface area contributed by atoms with Crippen LogP contribution in [0.2, 0.25) is 10.0 Å². The molecule has 1 rings (SSSR count). The van der Waals surface area contributed by atoms with Crippen molar-refractivity contribution in [3.63, 3.8) is 0 Å². The monoisotopic (exact) mass is 377 g/mol. The minimum Gasteiger partial charge on any atom is -0.508 e. The standard InChI is InChI=1S/C17H25Cl2NO4/c1-17(2,3)24-20-7-10-22-8-5-4-6-9-23-16-14(18)11-13(21)12-15(16)19/h7,10-12,20-21H,4-6,8-9H2,1-3H3. The van der Waals surface area contributed by atoms with Crippen LogP contribution in [0, 0.1) is 0 Å². The van der Waals surface area contributed by atoms with Gasteiger partial charge in [0.15, 0.2) is 5.75 Å². The van der Waals surface area contributed by atoms with Crippen LogP contribution in [-0.2, 0) is 9.57 Å². The van der Waals surface area contributed by atoms with E-state index in [1.807, 2.05) is 20.8 Å². The van der Waals surface area contributed by atoms with Crippen LogP contribution in [-0.4, -0.2) is 23.9 Å². The second-order valence-electron chi connectivity index (χ2n) is 6.15. The van der Waals surface area contributed by atoms with Gasteiger partial charge in [0.25, 0.3) is 0 Å². The van der Waals surface area contributed by atoms with Crippen LogP contribution in [0.3, 0.4) is 0 Å². The summed E-state index contributed by atoms with van der Waals surface area (Å²) in [5.41, 5.74) is 2.46. The van der Waals surface area contributed by atoms with Crippen molar-refractivity contribution in [1.82, 2.24) is 5.48 Å². The largest absolute Gasteiger partial charge is 0.508 e. The first-order valence-electron chi connectivity index (χ1n) is 7.80. The van der Waals surface area contributed by atoms with Crippen molar-refractivity contribution in [3.05, 3.63) is 34.6 Å². The van der Waals surface area contributed by atoms with Crippen LogP contribution in [0.5, 0.6) is 11.5 Å². The van der Waals surface area contributed by atoms with Gasteiger partial charge in [-0.15, -0.1) is 0 Å². The van der Waals surface area contributed by atoms with E-state index in [2.05, 4.69) is 5.48 Å². The summed E-state index contributed by atoms with van der Waals surface area (Å²) >= 11 is 11.9. The molecule has 0 spiro atoms. The number of aromatic hydroxyl groups is 1. The van der Waals surface area contributed by atoms with Crippen molar-refractivity contribution in [1.29, 1.82) is 0 Å². The zero-order chi connectivity index (χ0) is 18.0. The van der Waals surface area contributed by atoms with E-state index in [-0.39, 0.29) is 11.4 Å². The lowest BCUT2D eigenvalue weighted by molar-refractivity contribution is -0.0531. The second-order valence-corrected chi connectivity index (χ2v) is 6.97. The maximum Gasteiger partial charge on any atom is 0.156 e. The maximum atomic E-state index is 9.35. The predicted molar refractivity (Wildman–Crippen MR) is 96.5 cm³/mol. The van der Waals surface area contributed by atoms with Crippen molar-refractivity contribution in [2.45, 2.75) is 45.6 Å². The van der Waals surface area contributed by atoms with Crippen molar-refractivity contribution in [3.8, 4) is 11.5 Å². The van der Waals surface area contributed by atoms with Crippen LogP contribution in [0.1, 0.15) is 40.0 Å². The van der Waals surface area contributed by atoms with Gasteiger partial charge >= 0.3 is 0 Å². The highest BCUT2D eigenvalue weighted by Gasteiger charge is 2.09. The van der Waals surface area contributed by atoms with Crippen LogP contribution >= 0.6 is 23.2 Å². The van der Waals surface area contributed by atoms with E-state index in [1.165, 1.54) is 12.1 Å². The summed E-state index contributed by atoms with van der Waals surface area (Å²) in [6, 6.07) is 2.81. The average molecular weight is 378 g/mol. The highest BCUT2D eigenvalue weighted by atomic mass is 35.5. The molecule has 5 nitrogen and oxygen atoms in total. The van der Waals surface area contributed by atoms with E-state index in [0.717, 1.165) is 19.3 Å². The van der Waals surface area contributed by atoms with Gasteiger partial charge in [0, 0.05) is 12.1 Å². The fourth-order valence-corrected chi connectivity index (χ4v) is 2.26. The van der Waals surface area contributed by atoms with Crippen molar-refractivity contribution in [2.75, 3.05) is 13.2 Å². The first-order valence-corrected chi connectivity index (χ1v) is 8.56. The van der Waals surface area contributed by atoms with Crippen LogP contribution in [0.25, 0.3) is 0 Å². The predicted octanol–water partition coefficient (Wildman–Crippen LogP) is 5.06. The first-order chi connectivity index (χ1) is 11.3. The quantitative estimate of drug-likeness (QED) is 0.339. The molecule has 0 unspecified atom stereocenters. The molecule has 136 valence electrons. The van der Waals surface area contributed by atoms with Gasteiger partial charge in [-0.3, -0.25) is 10.3 Å². The lowest BCUT2D eigenvalue weighted by atomic mass is 10.2. The van der Waals surface area contributed by atoms with Gasteiger partial charge in [-0.2, -0.15) is 0 Å². The highest BCUT2D eigenvalue weighted by Crippen LogP contribution is 2.36. The Labute approximate surface area is 153 Å². The number of ether oxygens (including phenoxy) is 2. The van der Waals surface area contributed by atoms with Crippen LogP contribution < -0.4 is 10.2 Å². The smallest absolute Gasteiger partial charge is 0.156 e. The van der Waals surface area contributed by atoms with Gasteiger partial charge in [0.2, 0.25) is 0 Å². The molecule has 0 aliphatic carbocycles. The van der Waals surface area contributed by atoms with Gasteiger partial charge in [-0.05, 0) is 40.0 Å². The Balaban J connectivity index is 2.06. The second kappa shape index (κ2) is 10.5. The van der Waals surface area contributed by atoms with Crippen LogP contribution in [0.15, 0.2) is 24.6 Å². The van der Waals surface area contributed by atoms with E-state index >= 15 is 0 Å². The molecule has 0 radical (unpaired) electrons. The Kier molecular flexibility index (Phi) is 9.11. The van der Waals surface area contributed by atoms with Crippen LogP contribution in [0.4, 0.5) is 0 Å². The number of hydrogen-bond donors (Lipinski definition) is 2. The summed E-state index contributed by atoms with van der Waals surface area (Å²) in [5.74, 6) is 0.421. The van der Waals surface area contributed by atoms with Gasteiger partial charge in [0.05, 0.1) is 35.1 Å². The number of unbranched alkanes of at least 4 members (excludes halogenated alkanes) is 2. The molecule has 24 heavy (non-hydrogen) atoms. The van der Waals surface area contributed by atoms with E-state index in [1.54, 1.807) is 12.5 Å². The molecule has 0 aliphatic rings. The molecule has 0 fully saturated rings. The maximum absolute atomic E-state index is 9.35. The Morgan fingerprint density at radius 3 is 2.33 bits per heavy atom. The number of phenolic OH excluding ortho intramolecular Hbond substituents is 1. The summed E-state index contributed by atoms with van der Waals surface area (Å²) in [6.07, 6.45) is 5.89. The Hall–Kier alpha value is -1.30. The number of phenols is 1. The summed E-state index contributed by atoms with van der Waals surface area (Å²) in [5, 5.41) is 9.96. The molecule has 1 aromatic rings. The molecule has 2 N–H and O–H groups in total. The third-order valence-electron chi connectivity index (χ3n) is 2.73. The summed E-state index contributed by atoms with van der Waals surface area (Å²) in [4.78, 5) is 5.29. The number of rotatable bonds is 10. The van der Waals surface area contributed by atoms with Gasteiger partial charge in [-0.25, -0.2) is 0 Å². The summed E-state index contributed by atoms with van der Waals surface area (Å²) in [7, 11) is 0. The van der Waals surface area contributed by atoms with E-state index in [4.69, 9.17) is 37.5 Å². The SMILES string of the molecule is CC(C)(C)ONC=COCCCCCOc1c(Cl)cc(O)cc1Cl. The zero-order valence-corrected chi connectivity index (χ0v) is 15.8. The van der Waals surface area contributed by atoms with E-state index < -0.39 is 0 Å². The fourth-order valence-electron chi connectivity index (χ4n) is 1.68. The highest BCUT2D eigenvalue weighted by molar-refractivity contribution is 6.37. The molecule has 0 aromatic heterocycles. The third-order valence-corrected chi connectivity index (χ3v) is 3.29. The molecule has 0 atom stereocenters. The van der Waals surface area contributed by atoms with Crippen molar-refractivity contribution < 1.29 is 19.4 Å². The molecule has 0 amide bonds. The van der Waals surface area contributed by atoms with E-state index in [9.17, 15) is 5.11 Å². The number of nitrogens with one attached hydrogen (secondary N) is 1. The topological polar surface area (TPSA) is 60.0 Å². The van der Waals surface area contributed by atoms with Gasteiger partial charge in [-0.1, -0.05) is 23.2 Å². The minimum absolute atomic E-state index is 0.0185. The first kappa shape index (κ1) is 20.7. The Morgan fingerprint density at radius 1 is 1.08 bits per heavy atom. The van der Waals surface area contributed by atoms with Gasteiger partial charge in [0.1, 0.15) is 12.0 Å². The van der Waals surface area contributed by atoms with Crippen molar-refractivity contribution >= 4 is 23.2 Å². The zero-order valence-electron chi connectivity index (χ0n) is 14.3. The van der Waals surface area contributed by atoms with Crippen molar-refractivity contribution in [2.24, 2.45) is 0 Å². The van der Waals surface area contributed by atoms with E-state index in [0.29, 0.717) is 29.0 Å².